The van der Waals surface area contributed by atoms with Gasteiger partial charge in [-0.05, 0) is 31.7 Å². The van der Waals surface area contributed by atoms with Gasteiger partial charge in [-0.2, -0.15) is 0 Å². The Morgan fingerprint density at radius 2 is 2.00 bits per heavy atom. The summed E-state index contributed by atoms with van der Waals surface area (Å²) in [5.74, 6) is 1.51. The van der Waals surface area contributed by atoms with Crippen LogP contribution in [0, 0.1) is 11.8 Å². The SMILES string of the molecule is CC1CCC(CCNC(C)C(N)=O)CC1. The van der Waals surface area contributed by atoms with Crippen molar-refractivity contribution in [2.24, 2.45) is 17.6 Å². The van der Waals surface area contributed by atoms with Gasteiger partial charge >= 0.3 is 0 Å². The van der Waals surface area contributed by atoms with Crippen molar-refractivity contribution in [3.8, 4) is 0 Å². The molecule has 0 aromatic rings. The van der Waals surface area contributed by atoms with Crippen LogP contribution in [0.15, 0.2) is 0 Å². The number of nitrogens with one attached hydrogen (secondary N) is 1. The molecular formula is C12H24N2O. The average Bonchev–Trinajstić information content (AvgIpc) is 2.20. The van der Waals surface area contributed by atoms with Crippen LogP contribution in [-0.4, -0.2) is 18.5 Å². The fourth-order valence-corrected chi connectivity index (χ4v) is 2.22. The first-order valence-corrected chi connectivity index (χ1v) is 6.12. The largest absolute Gasteiger partial charge is 0.368 e. The fraction of sp³-hybridized carbons (Fsp3) is 0.917. The van der Waals surface area contributed by atoms with E-state index in [0.717, 1.165) is 18.4 Å². The molecule has 0 saturated heterocycles. The fourth-order valence-electron chi connectivity index (χ4n) is 2.22. The molecule has 1 amide bonds. The lowest BCUT2D eigenvalue weighted by Crippen LogP contribution is -2.39. The highest BCUT2D eigenvalue weighted by molar-refractivity contribution is 5.79. The highest BCUT2D eigenvalue weighted by Crippen LogP contribution is 2.29. The first-order chi connectivity index (χ1) is 7.09. The lowest BCUT2D eigenvalue weighted by Gasteiger charge is -2.26. The molecule has 1 rings (SSSR count). The summed E-state index contributed by atoms with van der Waals surface area (Å²) in [6.07, 6.45) is 6.64. The Kier molecular flexibility index (Phi) is 5.09. The Labute approximate surface area is 92.8 Å². The van der Waals surface area contributed by atoms with Crippen molar-refractivity contribution in [3.63, 3.8) is 0 Å². The van der Waals surface area contributed by atoms with Crippen LogP contribution in [0.25, 0.3) is 0 Å². The second-order valence-electron chi connectivity index (χ2n) is 4.99. The zero-order valence-electron chi connectivity index (χ0n) is 9.96. The van der Waals surface area contributed by atoms with E-state index >= 15 is 0 Å². The molecule has 1 saturated carbocycles. The molecule has 1 fully saturated rings. The van der Waals surface area contributed by atoms with Gasteiger partial charge in [-0.1, -0.05) is 32.6 Å². The molecule has 0 radical (unpaired) electrons. The lowest BCUT2D eigenvalue weighted by molar-refractivity contribution is -0.119. The molecule has 1 unspecified atom stereocenters. The van der Waals surface area contributed by atoms with Crippen LogP contribution in [-0.2, 0) is 4.79 Å². The minimum absolute atomic E-state index is 0.187. The van der Waals surface area contributed by atoms with Crippen molar-refractivity contribution in [3.05, 3.63) is 0 Å². The molecule has 0 bridgehead atoms. The quantitative estimate of drug-likeness (QED) is 0.728. The molecule has 1 aliphatic carbocycles. The maximum Gasteiger partial charge on any atom is 0.234 e. The standard InChI is InChI=1S/C12H24N2O/c1-9-3-5-11(6-4-9)7-8-14-10(2)12(13)15/h9-11,14H,3-8H2,1-2H3,(H2,13,15). The summed E-state index contributed by atoms with van der Waals surface area (Å²) in [7, 11) is 0. The summed E-state index contributed by atoms with van der Waals surface area (Å²) in [6.45, 7) is 5.08. The van der Waals surface area contributed by atoms with E-state index in [0.29, 0.717) is 0 Å². The highest BCUT2D eigenvalue weighted by atomic mass is 16.1. The zero-order valence-corrected chi connectivity index (χ0v) is 9.96. The number of amides is 1. The number of hydrogen-bond donors (Lipinski definition) is 2. The van der Waals surface area contributed by atoms with Gasteiger partial charge in [0.1, 0.15) is 0 Å². The van der Waals surface area contributed by atoms with Crippen LogP contribution >= 0.6 is 0 Å². The smallest absolute Gasteiger partial charge is 0.234 e. The first-order valence-electron chi connectivity index (χ1n) is 6.12. The Bertz CT molecular complexity index is 198. The van der Waals surface area contributed by atoms with E-state index in [1.54, 1.807) is 0 Å². The van der Waals surface area contributed by atoms with E-state index in [1.807, 2.05) is 6.92 Å². The minimum atomic E-state index is -0.257. The summed E-state index contributed by atoms with van der Waals surface area (Å²) in [5.41, 5.74) is 5.17. The van der Waals surface area contributed by atoms with Crippen LogP contribution in [0.1, 0.15) is 46.0 Å². The van der Waals surface area contributed by atoms with Crippen molar-refractivity contribution in [1.82, 2.24) is 5.32 Å². The maximum atomic E-state index is 10.8. The van der Waals surface area contributed by atoms with Crippen LogP contribution in [0.5, 0.6) is 0 Å². The Balaban J connectivity index is 2.07. The molecule has 0 spiro atoms. The lowest BCUT2D eigenvalue weighted by atomic mass is 9.81. The van der Waals surface area contributed by atoms with E-state index in [9.17, 15) is 4.79 Å². The van der Waals surface area contributed by atoms with E-state index in [4.69, 9.17) is 5.73 Å². The minimum Gasteiger partial charge on any atom is -0.368 e. The van der Waals surface area contributed by atoms with Crippen LogP contribution < -0.4 is 11.1 Å². The van der Waals surface area contributed by atoms with E-state index in [1.165, 1.54) is 32.1 Å². The molecule has 0 heterocycles. The summed E-state index contributed by atoms with van der Waals surface area (Å²) < 4.78 is 0. The zero-order chi connectivity index (χ0) is 11.3. The van der Waals surface area contributed by atoms with E-state index in [-0.39, 0.29) is 11.9 Å². The van der Waals surface area contributed by atoms with Gasteiger partial charge in [0.15, 0.2) is 0 Å². The number of rotatable bonds is 5. The molecule has 15 heavy (non-hydrogen) atoms. The monoisotopic (exact) mass is 212 g/mol. The first kappa shape index (κ1) is 12.5. The van der Waals surface area contributed by atoms with Crippen molar-refractivity contribution >= 4 is 5.91 Å². The molecule has 3 heteroatoms. The number of nitrogens with two attached hydrogens (primary N) is 1. The molecule has 3 N–H and O–H groups in total. The number of primary amides is 1. The van der Waals surface area contributed by atoms with Gasteiger partial charge in [-0.3, -0.25) is 4.79 Å². The number of hydrogen-bond acceptors (Lipinski definition) is 2. The molecule has 0 aliphatic heterocycles. The summed E-state index contributed by atoms with van der Waals surface area (Å²) in [5, 5.41) is 3.17. The van der Waals surface area contributed by atoms with Crippen molar-refractivity contribution < 1.29 is 4.79 Å². The molecule has 1 atom stereocenters. The Morgan fingerprint density at radius 3 is 2.53 bits per heavy atom. The highest BCUT2D eigenvalue weighted by Gasteiger charge is 2.18. The average molecular weight is 212 g/mol. The van der Waals surface area contributed by atoms with Crippen LogP contribution in [0.2, 0.25) is 0 Å². The van der Waals surface area contributed by atoms with Crippen LogP contribution in [0.4, 0.5) is 0 Å². The van der Waals surface area contributed by atoms with E-state index in [2.05, 4.69) is 12.2 Å². The van der Waals surface area contributed by atoms with Crippen molar-refractivity contribution in [2.75, 3.05) is 6.54 Å². The third-order valence-electron chi connectivity index (χ3n) is 3.57. The molecule has 1 aliphatic rings. The predicted octanol–water partition coefficient (Wildman–Crippen LogP) is 1.67. The van der Waals surface area contributed by atoms with Gasteiger partial charge in [-0.25, -0.2) is 0 Å². The molecular weight excluding hydrogens is 188 g/mol. The van der Waals surface area contributed by atoms with Gasteiger partial charge in [0.2, 0.25) is 5.91 Å². The summed E-state index contributed by atoms with van der Waals surface area (Å²) in [4.78, 5) is 10.8. The maximum absolute atomic E-state index is 10.8. The number of carbonyl (C=O) groups excluding carboxylic acids is 1. The van der Waals surface area contributed by atoms with Gasteiger partial charge in [-0.15, -0.1) is 0 Å². The Morgan fingerprint density at radius 1 is 1.40 bits per heavy atom. The van der Waals surface area contributed by atoms with Gasteiger partial charge < -0.3 is 11.1 Å². The van der Waals surface area contributed by atoms with Crippen LogP contribution in [0.3, 0.4) is 0 Å². The predicted molar refractivity (Wildman–Crippen MR) is 62.4 cm³/mol. The van der Waals surface area contributed by atoms with E-state index < -0.39 is 0 Å². The Hall–Kier alpha value is -0.570. The second-order valence-corrected chi connectivity index (χ2v) is 4.99. The molecule has 0 aromatic heterocycles. The second kappa shape index (κ2) is 6.11. The van der Waals surface area contributed by atoms with Gasteiger partial charge in [0.05, 0.1) is 6.04 Å². The normalized spacial score (nSPS) is 28.7. The third-order valence-corrected chi connectivity index (χ3v) is 3.57. The van der Waals surface area contributed by atoms with Gasteiger partial charge in [0, 0.05) is 0 Å². The number of carbonyl (C=O) groups is 1. The third kappa shape index (κ3) is 4.65. The topological polar surface area (TPSA) is 55.1 Å². The summed E-state index contributed by atoms with van der Waals surface area (Å²) >= 11 is 0. The van der Waals surface area contributed by atoms with Gasteiger partial charge in [0.25, 0.3) is 0 Å². The molecule has 3 nitrogen and oxygen atoms in total. The molecule has 0 aromatic carbocycles. The molecule has 88 valence electrons. The van der Waals surface area contributed by atoms with Crippen molar-refractivity contribution in [1.29, 1.82) is 0 Å². The van der Waals surface area contributed by atoms with Crippen molar-refractivity contribution in [2.45, 2.75) is 52.0 Å². The summed E-state index contributed by atoms with van der Waals surface area (Å²) in [6, 6.07) is -0.187.